The monoisotopic (exact) mass is 978 g/mol. The number of fused-ring (bicyclic) bond motifs is 1. The predicted octanol–water partition coefficient (Wildman–Crippen LogP) is 6.61. The number of hydrogen-bond donors (Lipinski definition) is 3. The van der Waals surface area contributed by atoms with E-state index >= 15 is 14.4 Å². The highest BCUT2D eigenvalue weighted by molar-refractivity contribution is 5.98. The average molecular weight is 978 g/mol. The van der Waals surface area contributed by atoms with E-state index in [-0.39, 0.29) is 62.2 Å². The SMILES string of the molecule is C=CCC1(C)C(=O)OC(C)C(=O)N[C@@H](C[C@H](C)CCCC)C(=O)N(C)[C@@H](CC(C)C)C(=O)N[C@@H](CC(C)C)C(=O)N(C)[C@@H](Cc2cn(OC)c3ccccc23)C(=O)N[C@@H](C[C@H](C)CCCC)C(=O)N1C. The van der Waals surface area contributed by atoms with E-state index in [1.807, 2.05) is 65.8 Å². The topological polar surface area (TPSA) is 189 Å². The van der Waals surface area contributed by atoms with Gasteiger partial charge in [-0.2, -0.15) is 4.73 Å². The normalized spacial score (nSPS) is 25.1. The lowest BCUT2D eigenvalue weighted by molar-refractivity contribution is -0.169. The Hall–Kier alpha value is -5.41. The Kier molecular flexibility index (Phi) is 22.9. The molecule has 1 fully saturated rings. The number of nitrogens with zero attached hydrogens (tertiary/aromatic N) is 4. The highest BCUT2D eigenvalue weighted by Gasteiger charge is 2.46. The van der Waals surface area contributed by atoms with Gasteiger partial charge in [-0.15, -0.1) is 6.58 Å². The van der Waals surface area contributed by atoms with E-state index in [4.69, 9.17) is 9.57 Å². The lowest BCUT2D eigenvalue weighted by Gasteiger charge is -2.39. The van der Waals surface area contributed by atoms with Gasteiger partial charge in [0.15, 0.2) is 6.10 Å². The van der Waals surface area contributed by atoms with Gasteiger partial charge in [0.05, 0.1) is 5.52 Å². The molecule has 9 atom stereocenters. The van der Waals surface area contributed by atoms with Crippen LogP contribution in [-0.4, -0.2) is 131 Å². The van der Waals surface area contributed by atoms with E-state index in [1.165, 1.54) is 62.9 Å². The van der Waals surface area contributed by atoms with Gasteiger partial charge in [-0.3, -0.25) is 28.8 Å². The molecule has 1 aromatic heterocycles. The molecular weight excluding hydrogens is 891 g/mol. The molecule has 0 saturated carbocycles. The van der Waals surface area contributed by atoms with Crippen molar-refractivity contribution in [1.82, 2.24) is 35.4 Å². The third-order valence-corrected chi connectivity index (χ3v) is 13.9. The van der Waals surface area contributed by atoms with Crippen LogP contribution >= 0.6 is 0 Å². The fraction of sp³-hybridized carbons (Fsp3) is 0.685. The van der Waals surface area contributed by atoms with Crippen LogP contribution in [0.25, 0.3) is 10.9 Å². The first-order valence-corrected chi connectivity index (χ1v) is 25.6. The maximum atomic E-state index is 15.2. The summed E-state index contributed by atoms with van der Waals surface area (Å²) in [5.41, 5.74) is -0.258. The van der Waals surface area contributed by atoms with Gasteiger partial charge in [-0.05, 0) is 81.3 Å². The molecule has 1 aromatic carbocycles. The Morgan fingerprint density at radius 1 is 0.714 bits per heavy atom. The molecule has 3 N–H and O–H groups in total. The molecule has 0 bridgehead atoms. The number of benzene rings is 1. The zero-order chi connectivity index (χ0) is 52.6. The molecule has 6 amide bonds. The third-order valence-electron chi connectivity index (χ3n) is 13.9. The average Bonchev–Trinajstić information content (AvgIpc) is 3.67. The number of likely N-dealkylation sites (N-methyl/N-ethyl adjacent to an activating group) is 3. The number of unbranched alkanes of at least 4 members (excludes halogenated alkanes) is 2. The Balaban J connectivity index is 2.36. The fourth-order valence-corrected chi connectivity index (χ4v) is 9.39. The van der Waals surface area contributed by atoms with Crippen LogP contribution in [0.15, 0.2) is 43.1 Å². The third kappa shape index (κ3) is 15.5. The molecule has 1 aliphatic rings. The van der Waals surface area contributed by atoms with Gasteiger partial charge in [-0.1, -0.05) is 118 Å². The summed E-state index contributed by atoms with van der Waals surface area (Å²) in [6.45, 7) is 22.7. The summed E-state index contributed by atoms with van der Waals surface area (Å²) in [5.74, 6) is -4.64. The molecule has 0 radical (unpaired) electrons. The second-order valence-electron chi connectivity index (χ2n) is 20.9. The number of hydrogen-bond acceptors (Lipinski definition) is 9. The molecule has 2 aromatic rings. The van der Waals surface area contributed by atoms with E-state index < -0.39 is 83.3 Å². The maximum Gasteiger partial charge on any atom is 0.332 e. The first-order chi connectivity index (χ1) is 32.9. The van der Waals surface area contributed by atoms with Gasteiger partial charge >= 0.3 is 5.97 Å². The van der Waals surface area contributed by atoms with Gasteiger partial charge in [0.1, 0.15) is 42.9 Å². The molecule has 2 heterocycles. The highest BCUT2D eigenvalue weighted by atomic mass is 16.6. The first-order valence-electron chi connectivity index (χ1n) is 25.6. The standard InChI is InChI=1S/C54H87N7O9/c1-16-19-23-36(8)30-42-51(66)58(12)45(29-35(6)7)48(63)56-41(28-34(4)5)50(65)59(13)46(32-39-33-61(69-15)44-26-22-21-25-40(39)44)49(64)57-43(31-37(9)24-20-17-2)52(67)60(14)54(11,27-18-3)53(68)70-38(10)47(62)55-42/h18,21-22,25-26,33-38,41-43,45-46H,3,16-17,19-20,23-24,27-32H2,1-2,4-15H3,(H,55,62)(H,56,63)(H,57,64)/t36-,37-,38?,41+,42+,43+,45+,46+,54?/m1/s1. The van der Waals surface area contributed by atoms with Crippen LogP contribution in [0, 0.1) is 23.7 Å². The number of esters is 1. The smallest absolute Gasteiger partial charge is 0.332 e. The van der Waals surface area contributed by atoms with E-state index in [0.717, 1.165) is 49.4 Å². The van der Waals surface area contributed by atoms with Crippen LogP contribution in [-0.2, 0) is 44.7 Å². The van der Waals surface area contributed by atoms with Crippen LogP contribution in [0.3, 0.4) is 0 Å². The molecule has 1 saturated heterocycles. The molecule has 16 heteroatoms. The lowest BCUT2D eigenvalue weighted by Crippen LogP contribution is -2.62. The van der Waals surface area contributed by atoms with Crippen molar-refractivity contribution in [3.05, 3.63) is 48.7 Å². The molecule has 0 aliphatic carbocycles. The maximum absolute atomic E-state index is 15.2. The highest BCUT2D eigenvalue weighted by Crippen LogP contribution is 2.28. The van der Waals surface area contributed by atoms with Crippen molar-refractivity contribution in [2.45, 2.75) is 188 Å². The Morgan fingerprint density at radius 2 is 1.20 bits per heavy atom. The zero-order valence-electron chi connectivity index (χ0n) is 44.9. The minimum atomic E-state index is -1.69. The summed E-state index contributed by atoms with van der Waals surface area (Å²) < 4.78 is 7.47. The van der Waals surface area contributed by atoms with Crippen molar-refractivity contribution in [2.75, 3.05) is 28.3 Å². The summed E-state index contributed by atoms with van der Waals surface area (Å²) in [4.78, 5) is 113. The molecular formula is C54H87N7O9. The first kappa shape index (κ1) is 58.9. The molecule has 2 unspecified atom stereocenters. The Morgan fingerprint density at radius 3 is 1.71 bits per heavy atom. The summed E-state index contributed by atoms with van der Waals surface area (Å²) in [6.07, 6.45) is 7.90. The Labute approximate surface area is 418 Å². The molecule has 3 rings (SSSR count). The van der Waals surface area contributed by atoms with Gasteiger partial charge in [0.2, 0.25) is 29.5 Å². The van der Waals surface area contributed by atoms with Crippen molar-refractivity contribution in [1.29, 1.82) is 0 Å². The number of rotatable bonds is 19. The number of ether oxygens (including phenoxy) is 1. The minimum Gasteiger partial charge on any atom is -0.451 e. The van der Waals surface area contributed by atoms with Crippen LogP contribution < -0.4 is 20.8 Å². The quantitative estimate of drug-likeness (QED) is 0.103. The van der Waals surface area contributed by atoms with Gasteiger partial charge in [0.25, 0.3) is 5.91 Å². The van der Waals surface area contributed by atoms with Crippen molar-refractivity contribution in [2.24, 2.45) is 23.7 Å². The number of carbonyl (C=O) groups is 7. The molecule has 0 spiro atoms. The number of amides is 6. The van der Waals surface area contributed by atoms with E-state index in [1.54, 1.807) is 10.9 Å². The summed E-state index contributed by atoms with van der Waals surface area (Å²) in [6, 6.07) is 1.88. The molecule has 392 valence electrons. The summed E-state index contributed by atoms with van der Waals surface area (Å²) in [5, 5.41) is 9.69. The van der Waals surface area contributed by atoms with Gasteiger partial charge in [-0.25, -0.2) is 4.79 Å². The van der Waals surface area contributed by atoms with E-state index in [0.29, 0.717) is 5.56 Å². The number of carbonyl (C=O) groups excluding carboxylic acids is 7. The second kappa shape index (κ2) is 27.3. The van der Waals surface area contributed by atoms with Crippen LogP contribution in [0.1, 0.15) is 145 Å². The van der Waals surface area contributed by atoms with Crippen LogP contribution in [0.4, 0.5) is 0 Å². The predicted molar refractivity (Wildman–Crippen MR) is 274 cm³/mol. The number of aromatic nitrogens is 1. The number of cyclic esters (lactones) is 1. The summed E-state index contributed by atoms with van der Waals surface area (Å²) >= 11 is 0. The van der Waals surface area contributed by atoms with E-state index in [9.17, 15) is 19.2 Å². The molecule has 70 heavy (non-hydrogen) atoms. The van der Waals surface area contributed by atoms with Gasteiger partial charge in [0, 0.05) is 39.1 Å². The van der Waals surface area contributed by atoms with Crippen LogP contribution in [0.2, 0.25) is 0 Å². The summed E-state index contributed by atoms with van der Waals surface area (Å²) in [7, 11) is 6.05. The number of para-hydroxylation sites is 1. The van der Waals surface area contributed by atoms with Crippen molar-refractivity contribution in [3.63, 3.8) is 0 Å². The molecule has 16 nitrogen and oxygen atoms in total. The van der Waals surface area contributed by atoms with E-state index in [2.05, 4.69) is 36.4 Å². The minimum absolute atomic E-state index is 0.000132. The van der Waals surface area contributed by atoms with Crippen LogP contribution in [0.5, 0.6) is 0 Å². The largest absolute Gasteiger partial charge is 0.451 e. The van der Waals surface area contributed by atoms with Crippen molar-refractivity contribution < 1.29 is 43.1 Å². The lowest BCUT2D eigenvalue weighted by atomic mass is 9.91. The fourth-order valence-electron chi connectivity index (χ4n) is 9.39. The number of nitrogens with one attached hydrogen (secondary N) is 3. The zero-order valence-corrected chi connectivity index (χ0v) is 44.9. The van der Waals surface area contributed by atoms with Crippen molar-refractivity contribution in [3.8, 4) is 0 Å². The van der Waals surface area contributed by atoms with Crippen molar-refractivity contribution >= 4 is 52.3 Å². The van der Waals surface area contributed by atoms with Gasteiger partial charge < -0.3 is 40.2 Å². The Bertz CT molecular complexity index is 2100. The second-order valence-corrected chi connectivity index (χ2v) is 20.9. The molecule has 1 aliphatic heterocycles.